The minimum absolute atomic E-state index is 0.126. The summed E-state index contributed by atoms with van der Waals surface area (Å²) in [5, 5.41) is -0.455. The molecule has 3 rings (SSSR count). The third kappa shape index (κ3) is 4.89. The highest BCUT2D eigenvalue weighted by Crippen LogP contribution is 2.39. The largest absolute Gasteiger partial charge is 0.493 e. The monoisotopic (exact) mass is 457 g/mol. The number of carbonyl (C=O) groups is 2. The highest BCUT2D eigenvalue weighted by atomic mass is 32.2. The Balaban J connectivity index is 1.96. The Morgan fingerprint density at radius 3 is 2.52 bits per heavy atom. The zero-order valence-corrected chi connectivity index (χ0v) is 18.0. The standard InChI is InChI=1S/C21H22F3NO5S/c1-3-6-12-9-14-15(21(22,23)24)10-17(27)30-19(14)13(4-2)18(12)29-8-5-7-25-16(26)11-31-20(25)28/h9-10H,3-8,11H2,1-2H3. The Hall–Kier alpha value is -2.49. The van der Waals surface area contributed by atoms with Crippen LogP contribution in [0.15, 0.2) is 21.3 Å². The summed E-state index contributed by atoms with van der Waals surface area (Å²) in [5.74, 6) is 0.279. The first kappa shape index (κ1) is 23.2. The third-order valence-corrected chi connectivity index (χ3v) is 5.81. The van der Waals surface area contributed by atoms with Gasteiger partial charge in [-0.1, -0.05) is 32.0 Å². The summed E-state index contributed by atoms with van der Waals surface area (Å²) in [4.78, 5) is 36.4. The lowest BCUT2D eigenvalue weighted by atomic mass is 9.97. The van der Waals surface area contributed by atoms with Crippen molar-refractivity contribution in [1.82, 2.24) is 4.90 Å². The number of amides is 2. The van der Waals surface area contributed by atoms with Crippen molar-refractivity contribution >= 4 is 33.9 Å². The van der Waals surface area contributed by atoms with Crippen LogP contribution in [0.3, 0.4) is 0 Å². The van der Waals surface area contributed by atoms with Crippen LogP contribution in [0.2, 0.25) is 0 Å². The molecule has 2 heterocycles. The van der Waals surface area contributed by atoms with Gasteiger partial charge in [0.1, 0.15) is 11.3 Å². The van der Waals surface area contributed by atoms with Gasteiger partial charge >= 0.3 is 11.8 Å². The highest BCUT2D eigenvalue weighted by Gasteiger charge is 2.35. The van der Waals surface area contributed by atoms with Gasteiger partial charge in [0.25, 0.3) is 5.24 Å². The van der Waals surface area contributed by atoms with Crippen LogP contribution < -0.4 is 10.4 Å². The molecular weight excluding hydrogens is 435 g/mol. The molecule has 1 fully saturated rings. The molecule has 0 N–H and O–H groups in total. The summed E-state index contributed by atoms with van der Waals surface area (Å²) in [6.45, 7) is 4.00. The minimum atomic E-state index is -4.70. The Kier molecular flexibility index (Phi) is 6.98. The Labute approximate surface area is 180 Å². The van der Waals surface area contributed by atoms with Crippen molar-refractivity contribution < 1.29 is 31.9 Å². The van der Waals surface area contributed by atoms with E-state index in [4.69, 9.17) is 9.15 Å². The van der Waals surface area contributed by atoms with Crippen molar-refractivity contribution in [3.8, 4) is 5.75 Å². The molecular formula is C21H22F3NO5S. The highest BCUT2D eigenvalue weighted by molar-refractivity contribution is 8.14. The van der Waals surface area contributed by atoms with Gasteiger partial charge in [0, 0.05) is 23.6 Å². The van der Waals surface area contributed by atoms with Gasteiger partial charge in [-0.15, -0.1) is 0 Å². The van der Waals surface area contributed by atoms with Gasteiger partial charge in [-0.25, -0.2) is 4.79 Å². The number of aryl methyl sites for hydroxylation is 2. The molecule has 10 heteroatoms. The third-order valence-electron chi connectivity index (χ3n) is 4.95. The van der Waals surface area contributed by atoms with Crippen molar-refractivity contribution in [2.24, 2.45) is 0 Å². The minimum Gasteiger partial charge on any atom is -0.493 e. The SMILES string of the molecule is CCCc1cc2c(C(F)(F)F)cc(=O)oc2c(CC)c1OCCCN1C(=O)CSC1=O. The number of imide groups is 1. The molecule has 6 nitrogen and oxygen atoms in total. The van der Waals surface area contributed by atoms with E-state index in [1.54, 1.807) is 6.92 Å². The van der Waals surface area contributed by atoms with Crippen LogP contribution in [0.1, 0.15) is 43.4 Å². The lowest BCUT2D eigenvalue weighted by Crippen LogP contribution is -2.30. The fourth-order valence-electron chi connectivity index (χ4n) is 3.59. The smallest absolute Gasteiger partial charge is 0.417 e. The molecule has 0 bridgehead atoms. The molecule has 1 aromatic carbocycles. The summed E-state index contributed by atoms with van der Waals surface area (Å²) >= 11 is 0.952. The van der Waals surface area contributed by atoms with Gasteiger partial charge in [0.05, 0.1) is 17.9 Å². The number of nitrogens with zero attached hydrogens (tertiary/aromatic N) is 1. The zero-order valence-electron chi connectivity index (χ0n) is 17.1. The average Bonchev–Trinajstić information content (AvgIpc) is 3.02. The maximum atomic E-state index is 13.5. The van der Waals surface area contributed by atoms with E-state index in [1.165, 1.54) is 6.07 Å². The van der Waals surface area contributed by atoms with Crippen molar-refractivity contribution in [2.75, 3.05) is 18.9 Å². The van der Waals surface area contributed by atoms with Crippen LogP contribution in [0.5, 0.6) is 5.75 Å². The van der Waals surface area contributed by atoms with Crippen molar-refractivity contribution in [1.29, 1.82) is 0 Å². The number of alkyl halides is 3. The second-order valence-electron chi connectivity index (χ2n) is 7.10. The summed E-state index contributed by atoms with van der Waals surface area (Å²) in [6.07, 6.45) is -2.87. The lowest BCUT2D eigenvalue weighted by molar-refractivity contribution is -0.136. The van der Waals surface area contributed by atoms with E-state index >= 15 is 0 Å². The summed E-state index contributed by atoms with van der Waals surface area (Å²) < 4.78 is 51.7. The number of rotatable bonds is 8. The topological polar surface area (TPSA) is 76.8 Å². The number of ether oxygens (including phenoxy) is 1. The number of fused-ring (bicyclic) bond motifs is 1. The summed E-state index contributed by atoms with van der Waals surface area (Å²) in [5.41, 5.74) is -1.24. The number of halogens is 3. The summed E-state index contributed by atoms with van der Waals surface area (Å²) in [7, 11) is 0. The second-order valence-corrected chi connectivity index (χ2v) is 8.03. The van der Waals surface area contributed by atoms with E-state index in [0.29, 0.717) is 48.6 Å². The fourth-order valence-corrected chi connectivity index (χ4v) is 4.34. The molecule has 1 aliphatic heterocycles. The van der Waals surface area contributed by atoms with E-state index in [2.05, 4.69) is 0 Å². The number of hydrogen-bond acceptors (Lipinski definition) is 6. The molecule has 1 aromatic heterocycles. The van der Waals surface area contributed by atoms with Gasteiger partial charge in [0.15, 0.2) is 0 Å². The van der Waals surface area contributed by atoms with E-state index in [0.717, 1.165) is 16.7 Å². The Bertz CT molecular complexity index is 1050. The molecule has 0 radical (unpaired) electrons. The van der Waals surface area contributed by atoms with E-state index in [1.807, 2.05) is 6.92 Å². The fraction of sp³-hybridized carbons (Fsp3) is 0.476. The first-order valence-corrected chi connectivity index (χ1v) is 11.0. The normalized spacial score (nSPS) is 14.7. The predicted octanol–water partition coefficient (Wildman–Crippen LogP) is 4.79. The first-order valence-electron chi connectivity index (χ1n) is 9.97. The lowest BCUT2D eigenvalue weighted by Gasteiger charge is -2.19. The van der Waals surface area contributed by atoms with Gasteiger partial charge in [-0.2, -0.15) is 13.2 Å². The molecule has 168 valence electrons. The number of hydrogen-bond donors (Lipinski definition) is 0. The van der Waals surface area contributed by atoms with E-state index in [-0.39, 0.29) is 41.0 Å². The second kappa shape index (κ2) is 9.33. The number of carbonyl (C=O) groups excluding carboxylic acids is 2. The average molecular weight is 457 g/mol. The van der Waals surface area contributed by atoms with Crippen LogP contribution >= 0.6 is 11.8 Å². The zero-order chi connectivity index (χ0) is 22.8. The van der Waals surface area contributed by atoms with Crippen LogP contribution in [0.25, 0.3) is 11.0 Å². The van der Waals surface area contributed by atoms with Gasteiger partial charge in [0.2, 0.25) is 5.91 Å². The predicted molar refractivity (Wildman–Crippen MR) is 111 cm³/mol. The van der Waals surface area contributed by atoms with Gasteiger partial charge in [-0.05, 0) is 30.9 Å². The molecule has 1 saturated heterocycles. The maximum Gasteiger partial charge on any atom is 0.417 e. The van der Waals surface area contributed by atoms with Crippen molar-refractivity contribution in [3.05, 3.63) is 39.2 Å². The molecule has 2 aromatic rings. The molecule has 31 heavy (non-hydrogen) atoms. The first-order chi connectivity index (χ1) is 14.7. The van der Waals surface area contributed by atoms with E-state index in [9.17, 15) is 27.6 Å². The van der Waals surface area contributed by atoms with Crippen molar-refractivity contribution in [2.45, 2.75) is 45.7 Å². The van der Waals surface area contributed by atoms with Gasteiger partial charge in [-0.3, -0.25) is 14.5 Å². The summed E-state index contributed by atoms with van der Waals surface area (Å²) in [6, 6.07) is 1.85. The van der Waals surface area contributed by atoms with Crippen molar-refractivity contribution in [3.63, 3.8) is 0 Å². The number of thioether (sulfide) groups is 1. The molecule has 0 saturated carbocycles. The molecule has 1 aliphatic rings. The molecule has 0 atom stereocenters. The quantitative estimate of drug-likeness (QED) is 0.419. The Morgan fingerprint density at radius 1 is 1.19 bits per heavy atom. The van der Waals surface area contributed by atoms with Crippen LogP contribution in [-0.4, -0.2) is 35.0 Å². The Morgan fingerprint density at radius 2 is 1.94 bits per heavy atom. The van der Waals surface area contributed by atoms with Crippen LogP contribution in [0, 0.1) is 0 Å². The van der Waals surface area contributed by atoms with Crippen LogP contribution in [-0.2, 0) is 23.8 Å². The molecule has 0 spiro atoms. The van der Waals surface area contributed by atoms with Gasteiger partial charge < -0.3 is 9.15 Å². The van der Waals surface area contributed by atoms with E-state index < -0.39 is 17.4 Å². The molecule has 0 unspecified atom stereocenters. The molecule has 0 aliphatic carbocycles. The maximum absolute atomic E-state index is 13.5. The molecule has 2 amide bonds. The number of benzene rings is 1. The van der Waals surface area contributed by atoms with Crippen LogP contribution in [0.4, 0.5) is 18.0 Å².